The van der Waals surface area contributed by atoms with E-state index in [-0.39, 0.29) is 5.60 Å². The normalized spacial score (nSPS) is 23.2. The quantitative estimate of drug-likeness (QED) is 0.748. The van der Waals surface area contributed by atoms with Crippen molar-refractivity contribution < 1.29 is 24.4 Å². The van der Waals surface area contributed by atoms with Gasteiger partial charge >= 0.3 is 0 Å². The predicted octanol–water partition coefficient (Wildman–Crippen LogP) is 3.80. The molecule has 2 N–H and O–H groups in total. The van der Waals surface area contributed by atoms with Crippen molar-refractivity contribution >= 4 is 11.6 Å². The molecule has 5 rings (SSSR count). The third kappa shape index (κ3) is 4.10. The van der Waals surface area contributed by atoms with Crippen LogP contribution >= 0.6 is 11.6 Å². The van der Waals surface area contributed by atoms with Gasteiger partial charge in [-0.05, 0) is 55.2 Å². The number of ether oxygens (including phenoxy) is 3. The molecule has 0 aromatic heterocycles. The fourth-order valence-electron chi connectivity index (χ4n) is 4.82. The first kappa shape index (κ1) is 20.9. The van der Waals surface area contributed by atoms with Crippen LogP contribution in [0.25, 0.3) is 0 Å². The fraction of sp³-hybridized carbons (Fsp3) is 0.500. The van der Waals surface area contributed by atoms with E-state index in [1.165, 1.54) is 0 Å². The van der Waals surface area contributed by atoms with Crippen molar-refractivity contribution in [3.63, 3.8) is 0 Å². The zero-order valence-electron chi connectivity index (χ0n) is 17.6. The minimum Gasteiger partial charge on any atom is -0.487 e. The summed E-state index contributed by atoms with van der Waals surface area (Å²) in [7, 11) is 0. The summed E-state index contributed by atoms with van der Waals surface area (Å²) in [5.41, 5.74) is 2.18. The summed E-state index contributed by atoms with van der Waals surface area (Å²) in [5, 5.41) is 22.2. The summed E-state index contributed by atoms with van der Waals surface area (Å²) in [6, 6.07) is 9.38. The Bertz CT molecular complexity index is 973. The van der Waals surface area contributed by atoms with Crippen molar-refractivity contribution in [2.45, 2.75) is 44.0 Å². The van der Waals surface area contributed by atoms with Gasteiger partial charge in [0.25, 0.3) is 0 Å². The van der Waals surface area contributed by atoms with Crippen molar-refractivity contribution in [2.75, 3.05) is 32.8 Å². The zero-order valence-corrected chi connectivity index (χ0v) is 18.4. The molecule has 7 heteroatoms. The van der Waals surface area contributed by atoms with Gasteiger partial charge in [-0.3, -0.25) is 0 Å². The molecule has 31 heavy (non-hydrogen) atoms. The highest BCUT2D eigenvalue weighted by molar-refractivity contribution is 6.31. The minimum absolute atomic E-state index is 0.370. The molecule has 2 unspecified atom stereocenters. The number of halogens is 1. The molecule has 3 aliphatic heterocycles. The maximum Gasteiger partial charge on any atom is 0.161 e. The lowest BCUT2D eigenvalue weighted by atomic mass is 9.81. The number of nitrogens with zero attached hydrogens (tertiary/aromatic N) is 1. The van der Waals surface area contributed by atoms with Gasteiger partial charge in [0.2, 0.25) is 0 Å². The highest BCUT2D eigenvalue weighted by Crippen LogP contribution is 2.46. The fourth-order valence-corrected chi connectivity index (χ4v) is 5.00. The molecule has 166 valence electrons. The first-order valence-corrected chi connectivity index (χ1v) is 11.3. The molecule has 0 amide bonds. The number of aryl methyl sites for hydroxylation is 1. The van der Waals surface area contributed by atoms with Gasteiger partial charge in [-0.1, -0.05) is 17.7 Å². The smallest absolute Gasteiger partial charge is 0.161 e. The van der Waals surface area contributed by atoms with E-state index in [4.69, 9.17) is 25.8 Å². The van der Waals surface area contributed by atoms with Gasteiger partial charge in [0, 0.05) is 36.6 Å². The molecule has 0 saturated carbocycles. The van der Waals surface area contributed by atoms with Gasteiger partial charge in [0.05, 0.1) is 12.2 Å². The molecule has 1 fully saturated rings. The molecule has 0 bridgehead atoms. The van der Waals surface area contributed by atoms with Crippen molar-refractivity contribution in [2.24, 2.45) is 0 Å². The Morgan fingerprint density at radius 2 is 1.84 bits per heavy atom. The second kappa shape index (κ2) is 8.17. The summed E-state index contributed by atoms with van der Waals surface area (Å²) in [6.45, 7) is 5.18. The zero-order chi connectivity index (χ0) is 21.6. The number of hydrogen-bond acceptors (Lipinski definition) is 6. The monoisotopic (exact) mass is 445 g/mol. The van der Waals surface area contributed by atoms with E-state index in [1.807, 2.05) is 37.3 Å². The Hall–Kier alpha value is -1.99. The van der Waals surface area contributed by atoms with Gasteiger partial charge in [-0.25, -0.2) is 0 Å². The van der Waals surface area contributed by atoms with E-state index in [0.29, 0.717) is 37.0 Å². The van der Waals surface area contributed by atoms with Crippen LogP contribution in [0.2, 0.25) is 5.02 Å². The highest BCUT2D eigenvalue weighted by Gasteiger charge is 2.43. The number of aliphatic hydroxyl groups excluding tert-OH is 2. The van der Waals surface area contributed by atoms with Gasteiger partial charge in [0.15, 0.2) is 11.5 Å². The maximum atomic E-state index is 10.8. The van der Waals surface area contributed by atoms with Gasteiger partial charge in [0.1, 0.15) is 24.6 Å². The van der Waals surface area contributed by atoms with Gasteiger partial charge in [-0.15, -0.1) is 0 Å². The van der Waals surface area contributed by atoms with E-state index < -0.39 is 12.2 Å². The van der Waals surface area contributed by atoms with Crippen molar-refractivity contribution in [3.05, 3.63) is 52.0 Å². The van der Waals surface area contributed by atoms with Crippen LogP contribution in [0.5, 0.6) is 17.2 Å². The molecular weight excluding hydrogens is 418 g/mol. The first-order valence-electron chi connectivity index (χ1n) is 10.9. The van der Waals surface area contributed by atoms with Crippen LogP contribution in [0.15, 0.2) is 30.3 Å². The molecule has 3 heterocycles. The first-order chi connectivity index (χ1) is 14.9. The molecule has 2 aromatic carbocycles. The Kier molecular flexibility index (Phi) is 5.51. The second-order valence-corrected chi connectivity index (χ2v) is 9.27. The molecular formula is C24H28ClNO5. The van der Waals surface area contributed by atoms with Crippen LogP contribution in [0.4, 0.5) is 0 Å². The van der Waals surface area contributed by atoms with E-state index in [2.05, 4.69) is 4.90 Å². The summed E-state index contributed by atoms with van der Waals surface area (Å²) >= 11 is 6.23. The van der Waals surface area contributed by atoms with Crippen LogP contribution in [0, 0.1) is 6.92 Å². The maximum absolute atomic E-state index is 10.8. The van der Waals surface area contributed by atoms with Crippen molar-refractivity contribution in [3.8, 4) is 17.2 Å². The predicted molar refractivity (Wildman–Crippen MR) is 117 cm³/mol. The Balaban J connectivity index is 1.23. The SMILES string of the molecule is Cc1cc2c(cc1Cl)C(O)CC1(CCN(CC(O)c3ccc4c(c3)OCCO4)CC1)O2. The standard InChI is InChI=1S/C24H28ClNO5/c1-15-10-22-17(12-18(15)25)19(27)13-24(31-22)4-6-26(7-5-24)14-20(28)16-2-3-21-23(11-16)30-9-8-29-21/h2-3,10-12,19-20,27-28H,4-9,13-14H2,1H3. The van der Waals surface area contributed by atoms with Crippen LogP contribution in [0.3, 0.4) is 0 Å². The van der Waals surface area contributed by atoms with E-state index in [9.17, 15) is 10.2 Å². The largest absolute Gasteiger partial charge is 0.487 e. The topological polar surface area (TPSA) is 71.4 Å². The molecule has 0 aliphatic carbocycles. The molecule has 1 spiro atoms. The lowest BCUT2D eigenvalue weighted by Crippen LogP contribution is -2.51. The molecule has 2 atom stereocenters. The molecule has 2 aromatic rings. The number of aliphatic hydroxyl groups is 2. The number of β-amino-alcohol motifs (C(OH)–C–C–N with tert-alkyl or cyclic N) is 1. The molecule has 6 nitrogen and oxygen atoms in total. The van der Waals surface area contributed by atoms with E-state index >= 15 is 0 Å². The van der Waals surface area contributed by atoms with Crippen LogP contribution in [-0.4, -0.2) is 53.6 Å². The van der Waals surface area contributed by atoms with Crippen molar-refractivity contribution in [1.82, 2.24) is 4.90 Å². The van der Waals surface area contributed by atoms with E-state index in [0.717, 1.165) is 54.1 Å². The number of fused-ring (bicyclic) bond motifs is 2. The summed E-state index contributed by atoms with van der Waals surface area (Å²) in [6.07, 6.45) is 1.00. The van der Waals surface area contributed by atoms with E-state index in [1.54, 1.807) is 0 Å². The number of rotatable bonds is 3. The lowest BCUT2D eigenvalue weighted by Gasteiger charge is -2.46. The van der Waals surface area contributed by atoms with Crippen LogP contribution in [0.1, 0.15) is 48.2 Å². The third-order valence-electron chi connectivity index (χ3n) is 6.69. The second-order valence-electron chi connectivity index (χ2n) is 8.86. The average Bonchev–Trinajstić information content (AvgIpc) is 2.77. The number of likely N-dealkylation sites (tertiary alicyclic amines) is 1. The third-order valence-corrected chi connectivity index (χ3v) is 7.10. The Morgan fingerprint density at radius 1 is 1.10 bits per heavy atom. The molecule has 1 saturated heterocycles. The Morgan fingerprint density at radius 3 is 2.61 bits per heavy atom. The molecule has 0 radical (unpaired) electrons. The van der Waals surface area contributed by atoms with Crippen LogP contribution < -0.4 is 14.2 Å². The lowest BCUT2D eigenvalue weighted by molar-refractivity contribution is -0.0588. The summed E-state index contributed by atoms with van der Waals surface area (Å²) in [4.78, 5) is 2.26. The van der Waals surface area contributed by atoms with Crippen LogP contribution in [-0.2, 0) is 0 Å². The molecule has 3 aliphatic rings. The number of benzene rings is 2. The summed E-state index contributed by atoms with van der Waals surface area (Å²) < 4.78 is 17.6. The van der Waals surface area contributed by atoms with Crippen molar-refractivity contribution in [1.29, 1.82) is 0 Å². The average molecular weight is 446 g/mol. The Labute approximate surface area is 187 Å². The van der Waals surface area contributed by atoms with Gasteiger partial charge < -0.3 is 29.3 Å². The minimum atomic E-state index is -0.603. The highest BCUT2D eigenvalue weighted by atomic mass is 35.5. The number of hydrogen-bond donors (Lipinski definition) is 2. The van der Waals surface area contributed by atoms with Gasteiger partial charge in [-0.2, -0.15) is 0 Å². The number of piperidine rings is 1. The summed E-state index contributed by atoms with van der Waals surface area (Å²) in [5.74, 6) is 2.16.